The highest BCUT2D eigenvalue weighted by atomic mass is 15.3. The Hall–Kier alpha value is -3.15. The smallest absolute Gasteiger partial charge is 0.179 e. The van der Waals surface area contributed by atoms with Gasteiger partial charge in [-0.3, -0.25) is 0 Å². The minimum absolute atomic E-state index is 0.747. The largest absolute Gasteiger partial charge is 0.399 e. The molecule has 4 aromatic rings. The first kappa shape index (κ1) is 11.7. The topological polar surface area (TPSA) is 74.0 Å². The first-order valence-electron chi connectivity index (χ1n) is 6.50. The molecule has 6 heteroatoms. The minimum atomic E-state index is 0.747. The van der Waals surface area contributed by atoms with Crippen LogP contribution in [-0.2, 0) is 0 Å². The standard InChI is InChI=1S/C15H12N6/c16-13-3-1-11(2-4-13)12-9-19-21(10-12)15-14-5-6-18-20(14)8-7-17-15/h1-10H,16H2. The zero-order valence-corrected chi connectivity index (χ0v) is 11.1. The number of benzene rings is 1. The molecule has 3 heterocycles. The summed E-state index contributed by atoms with van der Waals surface area (Å²) < 4.78 is 3.52. The van der Waals surface area contributed by atoms with Crippen LogP contribution in [0.15, 0.2) is 61.3 Å². The maximum absolute atomic E-state index is 5.71. The second kappa shape index (κ2) is 4.45. The zero-order chi connectivity index (χ0) is 14.2. The van der Waals surface area contributed by atoms with Crippen molar-refractivity contribution in [2.45, 2.75) is 0 Å². The SMILES string of the molecule is Nc1ccc(-c2cnn(-c3nccn4nccc34)c2)cc1. The molecule has 0 aliphatic carbocycles. The Balaban J connectivity index is 1.81. The fraction of sp³-hybridized carbons (Fsp3) is 0. The predicted octanol–water partition coefficient (Wildman–Crippen LogP) is 2.16. The Bertz CT molecular complexity index is 903. The highest BCUT2D eigenvalue weighted by Crippen LogP contribution is 2.21. The molecule has 0 aliphatic rings. The van der Waals surface area contributed by atoms with Crippen molar-refractivity contribution in [2.24, 2.45) is 0 Å². The van der Waals surface area contributed by atoms with E-state index in [0.29, 0.717) is 0 Å². The third kappa shape index (κ3) is 1.93. The minimum Gasteiger partial charge on any atom is -0.399 e. The second-order valence-electron chi connectivity index (χ2n) is 4.71. The molecule has 3 aromatic heterocycles. The van der Waals surface area contributed by atoms with Crippen LogP contribution in [0.2, 0.25) is 0 Å². The fourth-order valence-corrected chi connectivity index (χ4v) is 2.28. The van der Waals surface area contributed by atoms with Crippen LogP contribution in [-0.4, -0.2) is 24.4 Å². The number of hydrogen-bond acceptors (Lipinski definition) is 4. The molecule has 0 unspecified atom stereocenters. The summed E-state index contributed by atoms with van der Waals surface area (Å²) >= 11 is 0. The molecular formula is C15H12N6. The summed E-state index contributed by atoms with van der Waals surface area (Å²) in [4.78, 5) is 4.39. The van der Waals surface area contributed by atoms with E-state index in [0.717, 1.165) is 28.1 Å². The summed E-state index contributed by atoms with van der Waals surface area (Å²) in [6.07, 6.45) is 9.02. The Labute approximate surface area is 120 Å². The van der Waals surface area contributed by atoms with Gasteiger partial charge < -0.3 is 5.73 Å². The normalized spacial score (nSPS) is 11.0. The number of nitrogens with two attached hydrogens (primary N) is 1. The molecule has 0 atom stereocenters. The molecule has 0 aliphatic heterocycles. The van der Waals surface area contributed by atoms with E-state index in [4.69, 9.17) is 5.73 Å². The number of anilines is 1. The molecule has 2 N–H and O–H groups in total. The molecule has 102 valence electrons. The quantitative estimate of drug-likeness (QED) is 0.569. The van der Waals surface area contributed by atoms with E-state index in [9.17, 15) is 0 Å². The Morgan fingerprint density at radius 2 is 1.76 bits per heavy atom. The van der Waals surface area contributed by atoms with Crippen molar-refractivity contribution in [1.82, 2.24) is 24.4 Å². The molecule has 0 bridgehead atoms. The van der Waals surface area contributed by atoms with Gasteiger partial charge in [-0.15, -0.1) is 0 Å². The maximum Gasteiger partial charge on any atom is 0.179 e. The first-order chi connectivity index (χ1) is 10.3. The molecular weight excluding hydrogens is 264 g/mol. The summed E-state index contributed by atoms with van der Waals surface area (Å²) in [6, 6.07) is 9.62. The number of fused-ring (bicyclic) bond motifs is 1. The average molecular weight is 276 g/mol. The van der Waals surface area contributed by atoms with Gasteiger partial charge in [0.05, 0.1) is 12.4 Å². The van der Waals surface area contributed by atoms with E-state index in [1.807, 2.05) is 48.9 Å². The summed E-state index contributed by atoms with van der Waals surface area (Å²) in [6.45, 7) is 0. The number of nitrogens with zero attached hydrogens (tertiary/aromatic N) is 5. The zero-order valence-electron chi connectivity index (χ0n) is 11.1. The van der Waals surface area contributed by atoms with Crippen LogP contribution in [0.25, 0.3) is 22.5 Å². The van der Waals surface area contributed by atoms with Gasteiger partial charge in [0.1, 0.15) is 5.52 Å². The molecule has 0 spiro atoms. The number of hydrogen-bond donors (Lipinski definition) is 1. The Morgan fingerprint density at radius 3 is 2.62 bits per heavy atom. The lowest BCUT2D eigenvalue weighted by atomic mass is 10.1. The van der Waals surface area contributed by atoms with Crippen LogP contribution in [0.3, 0.4) is 0 Å². The highest BCUT2D eigenvalue weighted by molar-refractivity contribution is 5.66. The van der Waals surface area contributed by atoms with Gasteiger partial charge in [0.15, 0.2) is 5.82 Å². The molecule has 0 saturated carbocycles. The van der Waals surface area contributed by atoms with Crippen LogP contribution < -0.4 is 5.73 Å². The van der Waals surface area contributed by atoms with Crippen molar-refractivity contribution in [2.75, 3.05) is 5.73 Å². The van der Waals surface area contributed by atoms with Crippen molar-refractivity contribution >= 4 is 11.2 Å². The molecule has 0 fully saturated rings. The molecule has 4 rings (SSSR count). The second-order valence-corrected chi connectivity index (χ2v) is 4.71. The van der Waals surface area contributed by atoms with E-state index in [1.165, 1.54) is 0 Å². The lowest BCUT2D eigenvalue weighted by Crippen LogP contribution is -2.01. The Kier molecular flexibility index (Phi) is 2.47. The van der Waals surface area contributed by atoms with Gasteiger partial charge in [-0.1, -0.05) is 12.1 Å². The van der Waals surface area contributed by atoms with Crippen molar-refractivity contribution in [1.29, 1.82) is 0 Å². The molecule has 21 heavy (non-hydrogen) atoms. The van der Waals surface area contributed by atoms with Crippen molar-refractivity contribution < 1.29 is 0 Å². The van der Waals surface area contributed by atoms with E-state index in [2.05, 4.69) is 15.2 Å². The molecule has 0 saturated heterocycles. The van der Waals surface area contributed by atoms with Crippen LogP contribution in [0, 0.1) is 0 Å². The molecule has 6 nitrogen and oxygen atoms in total. The third-order valence-corrected chi connectivity index (χ3v) is 3.35. The molecule has 0 radical (unpaired) electrons. The number of aromatic nitrogens is 5. The van der Waals surface area contributed by atoms with Gasteiger partial charge in [0.25, 0.3) is 0 Å². The van der Waals surface area contributed by atoms with Crippen LogP contribution in [0.4, 0.5) is 5.69 Å². The number of rotatable bonds is 2. The summed E-state index contributed by atoms with van der Waals surface area (Å²) in [5, 5.41) is 8.60. The van der Waals surface area contributed by atoms with Crippen molar-refractivity contribution in [3.63, 3.8) is 0 Å². The maximum atomic E-state index is 5.71. The first-order valence-corrected chi connectivity index (χ1v) is 6.50. The van der Waals surface area contributed by atoms with Gasteiger partial charge >= 0.3 is 0 Å². The van der Waals surface area contributed by atoms with E-state index in [-0.39, 0.29) is 0 Å². The average Bonchev–Trinajstić information content (AvgIpc) is 3.16. The van der Waals surface area contributed by atoms with Gasteiger partial charge in [-0.05, 0) is 23.8 Å². The lowest BCUT2D eigenvalue weighted by molar-refractivity contribution is 0.832. The number of nitrogen functional groups attached to an aromatic ring is 1. The lowest BCUT2D eigenvalue weighted by Gasteiger charge is -2.02. The molecule has 1 aromatic carbocycles. The van der Waals surface area contributed by atoms with Gasteiger partial charge in [0, 0.05) is 29.8 Å². The van der Waals surface area contributed by atoms with Crippen molar-refractivity contribution in [3.8, 4) is 16.9 Å². The summed E-state index contributed by atoms with van der Waals surface area (Å²) in [5.74, 6) is 0.747. The van der Waals surface area contributed by atoms with E-state index >= 15 is 0 Å². The summed E-state index contributed by atoms with van der Waals surface area (Å²) in [7, 11) is 0. The Morgan fingerprint density at radius 1 is 0.905 bits per heavy atom. The monoisotopic (exact) mass is 276 g/mol. The fourth-order valence-electron chi connectivity index (χ4n) is 2.28. The highest BCUT2D eigenvalue weighted by Gasteiger charge is 2.08. The third-order valence-electron chi connectivity index (χ3n) is 3.35. The summed E-state index contributed by atoms with van der Waals surface area (Å²) in [5.41, 5.74) is 9.44. The predicted molar refractivity (Wildman–Crippen MR) is 80.0 cm³/mol. The van der Waals surface area contributed by atoms with Crippen LogP contribution in [0.1, 0.15) is 0 Å². The van der Waals surface area contributed by atoms with E-state index in [1.54, 1.807) is 21.6 Å². The molecule has 0 amide bonds. The van der Waals surface area contributed by atoms with Gasteiger partial charge in [0.2, 0.25) is 0 Å². The van der Waals surface area contributed by atoms with Gasteiger partial charge in [-0.25, -0.2) is 14.2 Å². The van der Waals surface area contributed by atoms with Gasteiger partial charge in [-0.2, -0.15) is 10.2 Å². The van der Waals surface area contributed by atoms with Crippen LogP contribution >= 0.6 is 0 Å². The van der Waals surface area contributed by atoms with Crippen molar-refractivity contribution in [3.05, 3.63) is 61.3 Å². The van der Waals surface area contributed by atoms with E-state index < -0.39 is 0 Å². The van der Waals surface area contributed by atoms with Crippen LogP contribution in [0.5, 0.6) is 0 Å².